The highest BCUT2D eigenvalue weighted by Gasteiger charge is 2.31. The quantitative estimate of drug-likeness (QED) is 0.355. The number of rotatable bonds is 9. The van der Waals surface area contributed by atoms with E-state index >= 15 is 0 Å². The van der Waals surface area contributed by atoms with Crippen LogP contribution in [-0.2, 0) is 28.9 Å². The lowest BCUT2D eigenvalue weighted by Crippen LogP contribution is -2.39. The van der Waals surface area contributed by atoms with Gasteiger partial charge in [-0.1, -0.05) is 30.7 Å². The van der Waals surface area contributed by atoms with Gasteiger partial charge in [-0.3, -0.25) is 0 Å². The minimum atomic E-state index is -1.05. The summed E-state index contributed by atoms with van der Waals surface area (Å²) in [6.07, 6.45) is 2.92. The van der Waals surface area contributed by atoms with Crippen LogP contribution in [0.2, 0.25) is 5.02 Å². The van der Waals surface area contributed by atoms with Crippen LogP contribution in [0.25, 0.3) is 10.9 Å². The normalized spacial score (nSPS) is 11.7. The van der Waals surface area contributed by atoms with Crippen LogP contribution in [0.4, 0.5) is 0 Å². The van der Waals surface area contributed by atoms with Crippen LogP contribution in [0.3, 0.4) is 0 Å². The number of aryl methyl sites for hydroxylation is 3. The van der Waals surface area contributed by atoms with Gasteiger partial charge in [-0.15, -0.1) is 0 Å². The van der Waals surface area contributed by atoms with Crippen LogP contribution in [-0.4, -0.2) is 22.7 Å². The molecule has 0 saturated carbocycles. The summed E-state index contributed by atoms with van der Waals surface area (Å²) in [5.74, 6) is 0.310. The van der Waals surface area contributed by atoms with Gasteiger partial charge in [0.2, 0.25) is 0 Å². The zero-order valence-electron chi connectivity index (χ0n) is 19.1. The number of halogens is 1. The third-order valence-corrected chi connectivity index (χ3v) is 5.84. The molecule has 0 aliphatic heterocycles. The maximum absolute atomic E-state index is 12.3. The number of nitrogens with zero attached hydrogens (tertiary/aromatic N) is 1. The third-order valence-electron chi connectivity index (χ3n) is 5.59. The fraction of sp³-hybridized carbons (Fsp3) is 0.423. The number of hydrogen-bond donors (Lipinski definition) is 0. The van der Waals surface area contributed by atoms with E-state index in [1.165, 1.54) is 27.7 Å². The molecule has 0 spiro atoms. The van der Waals surface area contributed by atoms with E-state index in [0.717, 1.165) is 30.8 Å². The summed E-state index contributed by atoms with van der Waals surface area (Å²) >= 11 is 6.03. The van der Waals surface area contributed by atoms with E-state index in [9.17, 15) is 4.79 Å². The van der Waals surface area contributed by atoms with Gasteiger partial charge in [0, 0.05) is 28.2 Å². The SMILES string of the molecule is CCCn1c(C)c(CCc2ccc(Cl)cc2)c2cc(OC(C)(C)C(=O)OCC)ccc21. The number of hydrogen-bond acceptors (Lipinski definition) is 3. The highest BCUT2D eigenvalue weighted by molar-refractivity contribution is 6.30. The van der Waals surface area contributed by atoms with Gasteiger partial charge in [-0.25, -0.2) is 4.79 Å². The maximum Gasteiger partial charge on any atom is 0.349 e. The highest BCUT2D eigenvalue weighted by atomic mass is 35.5. The van der Waals surface area contributed by atoms with Crippen LogP contribution in [0, 0.1) is 6.92 Å². The molecule has 4 nitrogen and oxygen atoms in total. The fourth-order valence-corrected chi connectivity index (χ4v) is 4.11. The van der Waals surface area contributed by atoms with Crippen molar-refractivity contribution in [2.24, 2.45) is 0 Å². The Bertz CT molecular complexity index is 1050. The predicted octanol–water partition coefficient (Wildman–Crippen LogP) is 6.52. The van der Waals surface area contributed by atoms with E-state index in [-0.39, 0.29) is 5.97 Å². The molecule has 0 amide bonds. The van der Waals surface area contributed by atoms with Crippen LogP contribution >= 0.6 is 11.6 Å². The monoisotopic (exact) mass is 441 g/mol. The molecule has 5 heteroatoms. The van der Waals surface area contributed by atoms with Gasteiger partial charge in [0.25, 0.3) is 0 Å². The molecular formula is C26H32ClNO3. The smallest absolute Gasteiger partial charge is 0.349 e. The molecule has 3 aromatic rings. The lowest BCUT2D eigenvalue weighted by atomic mass is 10.0. The average molecular weight is 442 g/mol. The summed E-state index contributed by atoms with van der Waals surface area (Å²) in [6, 6.07) is 14.1. The molecule has 0 bridgehead atoms. The summed E-state index contributed by atoms with van der Waals surface area (Å²) in [4.78, 5) is 12.3. The van der Waals surface area contributed by atoms with Crippen LogP contribution < -0.4 is 4.74 Å². The van der Waals surface area contributed by atoms with Gasteiger partial charge in [-0.05, 0) is 88.4 Å². The third kappa shape index (κ3) is 5.24. The van der Waals surface area contributed by atoms with Crippen LogP contribution in [0.1, 0.15) is 50.9 Å². The fourth-order valence-electron chi connectivity index (χ4n) is 3.98. The molecule has 1 heterocycles. The number of carbonyl (C=O) groups excluding carboxylic acids is 1. The molecule has 0 fully saturated rings. The maximum atomic E-state index is 12.3. The molecule has 0 saturated heterocycles. The summed E-state index contributed by atoms with van der Waals surface area (Å²) in [7, 11) is 0. The molecule has 31 heavy (non-hydrogen) atoms. The Morgan fingerprint density at radius 2 is 1.77 bits per heavy atom. The molecule has 0 unspecified atom stereocenters. The summed E-state index contributed by atoms with van der Waals surface area (Å²) in [5, 5.41) is 1.93. The number of fused-ring (bicyclic) bond motifs is 1. The number of carbonyl (C=O) groups is 1. The summed E-state index contributed by atoms with van der Waals surface area (Å²) in [6.45, 7) is 11.0. The van der Waals surface area contributed by atoms with Crippen molar-refractivity contribution < 1.29 is 14.3 Å². The zero-order valence-corrected chi connectivity index (χ0v) is 19.9. The van der Waals surface area contributed by atoms with E-state index in [1.807, 2.05) is 18.2 Å². The molecule has 0 aliphatic carbocycles. The van der Waals surface area contributed by atoms with Gasteiger partial charge in [0.15, 0.2) is 5.60 Å². The van der Waals surface area contributed by atoms with Crippen molar-refractivity contribution >= 4 is 28.5 Å². The molecule has 0 atom stereocenters. The van der Waals surface area contributed by atoms with Gasteiger partial charge in [0.1, 0.15) is 5.75 Å². The number of aromatic nitrogens is 1. The van der Waals surface area contributed by atoms with Gasteiger partial charge < -0.3 is 14.0 Å². The number of benzene rings is 2. The lowest BCUT2D eigenvalue weighted by molar-refractivity contribution is -0.158. The minimum absolute atomic E-state index is 0.332. The second-order valence-corrected chi connectivity index (χ2v) is 8.79. The van der Waals surface area contributed by atoms with E-state index < -0.39 is 5.60 Å². The Morgan fingerprint density at radius 3 is 2.42 bits per heavy atom. The minimum Gasteiger partial charge on any atom is -0.476 e. The largest absolute Gasteiger partial charge is 0.476 e. The Labute approximate surface area is 190 Å². The highest BCUT2D eigenvalue weighted by Crippen LogP contribution is 2.32. The molecule has 166 valence electrons. The van der Waals surface area contributed by atoms with Crippen LogP contribution in [0.5, 0.6) is 5.75 Å². The second-order valence-electron chi connectivity index (χ2n) is 8.35. The Morgan fingerprint density at radius 1 is 1.06 bits per heavy atom. The van der Waals surface area contributed by atoms with Crippen molar-refractivity contribution in [3.63, 3.8) is 0 Å². The van der Waals surface area contributed by atoms with E-state index in [0.29, 0.717) is 12.4 Å². The first-order chi connectivity index (χ1) is 14.8. The van der Waals surface area contributed by atoms with Gasteiger partial charge >= 0.3 is 5.97 Å². The summed E-state index contributed by atoms with van der Waals surface area (Å²) < 4.78 is 13.6. The van der Waals surface area contributed by atoms with Crippen molar-refractivity contribution in [1.82, 2.24) is 4.57 Å². The van der Waals surface area contributed by atoms with Gasteiger partial charge in [0.05, 0.1) is 6.61 Å². The standard InChI is InChI=1S/C26H32ClNO3/c1-6-16-28-18(3)22(14-10-19-8-11-20(27)12-9-19)23-17-21(13-15-24(23)28)31-26(4,5)25(29)30-7-2/h8-9,11-13,15,17H,6-7,10,14,16H2,1-5H3. The molecule has 0 N–H and O–H groups in total. The van der Waals surface area contributed by atoms with Crippen molar-refractivity contribution in [1.29, 1.82) is 0 Å². The Balaban J connectivity index is 1.95. The number of ether oxygens (including phenoxy) is 2. The molecule has 0 aliphatic rings. The first kappa shape index (κ1) is 23.2. The summed E-state index contributed by atoms with van der Waals surface area (Å²) in [5.41, 5.74) is 4.02. The molecule has 3 rings (SSSR count). The van der Waals surface area contributed by atoms with E-state index in [2.05, 4.69) is 42.7 Å². The van der Waals surface area contributed by atoms with Crippen molar-refractivity contribution in [3.05, 3.63) is 64.3 Å². The first-order valence-corrected chi connectivity index (χ1v) is 11.4. The molecular weight excluding hydrogens is 410 g/mol. The lowest BCUT2D eigenvalue weighted by Gasteiger charge is -2.24. The second kappa shape index (κ2) is 9.78. The molecule has 1 aromatic heterocycles. The molecule has 2 aromatic carbocycles. The topological polar surface area (TPSA) is 40.5 Å². The van der Waals surface area contributed by atoms with Crippen LogP contribution in [0.15, 0.2) is 42.5 Å². The predicted molar refractivity (Wildman–Crippen MR) is 127 cm³/mol. The van der Waals surface area contributed by atoms with Crippen molar-refractivity contribution in [2.75, 3.05) is 6.61 Å². The van der Waals surface area contributed by atoms with Gasteiger partial charge in [-0.2, -0.15) is 0 Å². The van der Waals surface area contributed by atoms with E-state index in [4.69, 9.17) is 21.1 Å². The first-order valence-electron chi connectivity index (χ1n) is 11.0. The van der Waals surface area contributed by atoms with E-state index in [1.54, 1.807) is 20.8 Å². The van der Waals surface area contributed by atoms with Crippen molar-refractivity contribution in [2.45, 2.75) is 66.0 Å². The average Bonchev–Trinajstić information content (AvgIpc) is 2.98. The van der Waals surface area contributed by atoms with Crippen molar-refractivity contribution in [3.8, 4) is 5.75 Å². The molecule has 0 radical (unpaired) electrons. The Hall–Kier alpha value is -2.46. The Kier molecular flexibility index (Phi) is 7.32. The number of esters is 1. The zero-order chi connectivity index (χ0) is 22.6.